The van der Waals surface area contributed by atoms with Gasteiger partial charge in [0.25, 0.3) is 0 Å². The van der Waals surface area contributed by atoms with E-state index in [1.54, 1.807) is 37.3 Å². The van der Waals surface area contributed by atoms with Crippen LogP contribution < -0.4 is 10.5 Å². The Balaban J connectivity index is 2.31. The van der Waals surface area contributed by atoms with Crippen LogP contribution >= 0.6 is 11.6 Å². The van der Waals surface area contributed by atoms with E-state index in [9.17, 15) is 4.39 Å². The average Bonchev–Trinajstić information content (AvgIpc) is 2.34. The quantitative estimate of drug-likeness (QED) is 0.898. The van der Waals surface area contributed by atoms with Crippen molar-refractivity contribution in [2.75, 3.05) is 0 Å². The van der Waals surface area contributed by atoms with E-state index in [-0.39, 0.29) is 11.9 Å². The monoisotopic (exact) mass is 265 g/mol. The number of hydrogen-bond donors (Lipinski definition) is 1. The molecular formula is C14H13ClFNO. The highest BCUT2D eigenvalue weighted by Gasteiger charge is 2.10. The molecule has 4 heteroatoms. The fourth-order valence-electron chi connectivity index (χ4n) is 1.60. The van der Waals surface area contributed by atoms with Crippen molar-refractivity contribution in [1.29, 1.82) is 0 Å². The van der Waals surface area contributed by atoms with Crippen molar-refractivity contribution < 1.29 is 9.13 Å². The maximum Gasteiger partial charge on any atom is 0.132 e. The summed E-state index contributed by atoms with van der Waals surface area (Å²) in [7, 11) is 0. The van der Waals surface area contributed by atoms with E-state index < -0.39 is 0 Å². The van der Waals surface area contributed by atoms with Gasteiger partial charge in [-0.3, -0.25) is 0 Å². The lowest BCUT2D eigenvalue weighted by molar-refractivity contribution is 0.469. The number of halogens is 2. The van der Waals surface area contributed by atoms with Gasteiger partial charge in [0.15, 0.2) is 0 Å². The molecule has 0 unspecified atom stereocenters. The van der Waals surface area contributed by atoms with Gasteiger partial charge in [-0.05, 0) is 49.4 Å². The van der Waals surface area contributed by atoms with E-state index in [2.05, 4.69) is 0 Å². The minimum atomic E-state index is -0.328. The van der Waals surface area contributed by atoms with E-state index >= 15 is 0 Å². The summed E-state index contributed by atoms with van der Waals surface area (Å²) >= 11 is 5.79. The van der Waals surface area contributed by atoms with E-state index in [1.807, 2.05) is 0 Å². The molecule has 2 aromatic carbocycles. The van der Waals surface area contributed by atoms with E-state index in [0.717, 1.165) is 0 Å². The summed E-state index contributed by atoms with van der Waals surface area (Å²) in [5.74, 6) is 0.854. The van der Waals surface area contributed by atoms with Crippen molar-refractivity contribution in [2.45, 2.75) is 13.0 Å². The van der Waals surface area contributed by atoms with Crippen molar-refractivity contribution in [3.63, 3.8) is 0 Å². The molecule has 94 valence electrons. The second-order valence-corrected chi connectivity index (χ2v) is 4.46. The minimum Gasteiger partial charge on any atom is -0.457 e. The maximum atomic E-state index is 13.2. The highest BCUT2D eigenvalue weighted by atomic mass is 35.5. The van der Waals surface area contributed by atoms with Gasteiger partial charge >= 0.3 is 0 Å². The van der Waals surface area contributed by atoms with Gasteiger partial charge in [0.05, 0.1) is 0 Å². The standard InChI is InChI=1S/C14H13ClFNO/c1-9(17)13-8-11(16)4-7-14(13)18-12-5-2-10(15)3-6-12/h2-9H,17H2,1H3/t9-/m1/s1. The van der Waals surface area contributed by atoms with Crippen LogP contribution in [0.4, 0.5) is 4.39 Å². The molecule has 2 aromatic rings. The van der Waals surface area contributed by atoms with Crippen LogP contribution in [-0.4, -0.2) is 0 Å². The molecule has 2 N–H and O–H groups in total. The zero-order valence-corrected chi connectivity index (χ0v) is 10.6. The largest absolute Gasteiger partial charge is 0.457 e. The average molecular weight is 266 g/mol. The van der Waals surface area contributed by atoms with Gasteiger partial charge in [-0.1, -0.05) is 11.6 Å². The second kappa shape index (κ2) is 5.38. The van der Waals surface area contributed by atoms with Crippen LogP contribution in [0.25, 0.3) is 0 Å². The van der Waals surface area contributed by atoms with Gasteiger partial charge in [0.2, 0.25) is 0 Å². The second-order valence-electron chi connectivity index (χ2n) is 4.03. The summed E-state index contributed by atoms with van der Waals surface area (Å²) in [4.78, 5) is 0. The summed E-state index contributed by atoms with van der Waals surface area (Å²) in [6, 6.07) is 10.9. The van der Waals surface area contributed by atoms with Crippen molar-refractivity contribution in [2.24, 2.45) is 5.73 Å². The van der Waals surface area contributed by atoms with E-state index in [1.165, 1.54) is 12.1 Å². The lowest BCUT2D eigenvalue weighted by atomic mass is 10.1. The molecule has 0 fully saturated rings. The van der Waals surface area contributed by atoms with Crippen LogP contribution in [0, 0.1) is 5.82 Å². The van der Waals surface area contributed by atoms with Crippen LogP contribution in [0.3, 0.4) is 0 Å². The predicted octanol–water partition coefficient (Wildman–Crippen LogP) is 4.29. The number of rotatable bonds is 3. The molecule has 0 heterocycles. The van der Waals surface area contributed by atoms with Gasteiger partial charge in [0.1, 0.15) is 17.3 Å². The molecule has 0 bridgehead atoms. The lowest BCUT2D eigenvalue weighted by Gasteiger charge is -2.13. The van der Waals surface area contributed by atoms with Crippen molar-refractivity contribution in [3.8, 4) is 11.5 Å². The lowest BCUT2D eigenvalue weighted by Crippen LogP contribution is -2.07. The van der Waals surface area contributed by atoms with Crippen molar-refractivity contribution >= 4 is 11.6 Å². The molecule has 2 nitrogen and oxygen atoms in total. The van der Waals surface area contributed by atoms with Crippen LogP contribution in [0.1, 0.15) is 18.5 Å². The number of nitrogens with two attached hydrogens (primary N) is 1. The van der Waals surface area contributed by atoms with Crippen LogP contribution in [0.15, 0.2) is 42.5 Å². The molecule has 1 atom stereocenters. The molecule has 0 aliphatic rings. The van der Waals surface area contributed by atoms with Gasteiger partial charge < -0.3 is 10.5 Å². The normalized spacial score (nSPS) is 12.2. The molecule has 0 spiro atoms. The first-order valence-corrected chi connectivity index (χ1v) is 5.92. The van der Waals surface area contributed by atoms with E-state index in [4.69, 9.17) is 22.1 Å². The van der Waals surface area contributed by atoms with E-state index in [0.29, 0.717) is 22.1 Å². The summed E-state index contributed by atoms with van der Waals surface area (Å²) in [5, 5.41) is 0.633. The third-order valence-corrected chi connectivity index (χ3v) is 2.76. The van der Waals surface area contributed by atoms with Crippen molar-refractivity contribution in [1.82, 2.24) is 0 Å². The number of benzene rings is 2. The summed E-state index contributed by atoms with van der Waals surface area (Å²) in [5.41, 5.74) is 6.42. The SMILES string of the molecule is C[C@@H](N)c1cc(F)ccc1Oc1ccc(Cl)cc1. The molecule has 0 radical (unpaired) electrons. The first-order valence-electron chi connectivity index (χ1n) is 5.54. The Kier molecular flexibility index (Phi) is 3.84. The Bertz CT molecular complexity index is 540. The topological polar surface area (TPSA) is 35.2 Å². The zero-order valence-electron chi connectivity index (χ0n) is 9.86. The molecule has 0 aromatic heterocycles. The molecule has 2 rings (SSSR count). The molecule has 0 aliphatic carbocycles. The molecule has 18 heavy (non-hydrogen) atoms. The van der Waals surface area contributed by atoms with Crippen molar-refractivity contribution in [3.05, 3.63) is 58.9 Å². The maximum absolute atomic E-state index is 13.2. The molecular weight excluding hydrogens is 253 g/mol. The van der Waals surface area contributed by atoms with Gasteiger partial charge in [-0.2, -0.15) is 0 Å². The highest BCUT2D eigenvalue weighted by molar-refractivity contribution is 6.30. The number of hydrogen-bond acceptors (Lipinski definition) is 2. The Labute approximate surface area is 110 Å². The third-order valence-electron chi connectivity index (χ3n) is 2.50. The van der Waals surface area contributed by atoms with Gasteiger partial charge in [-0.15, -0.1) is 0 Å². The third kappa shape index (κ3) is 3.00. The number of ether oxygens (including phenoxy) is 1. The first-order chi connectivity index (χ1) is 8.56. The van der Waals surface area contributed by atoms with Gasteiger partial charge in [0, 0.05) is 16.6 Å². The van der Waals surface area contributed by atoms with Crippen LogP contribution in [0.5, 0.6) is 11.5 Å². The minimum absolute atomic E-state index is 0.303. The smallest absolute Gasteiger partial charge is 0.132 e. The van der Waals surface area contributed by atoms with Gasteiger partial charge in [-0.25, -0.2) is 4.39 Å². The molecule has 0 amide bonds. The Morgan fingerprint density at radius 2 is 1.83 bits per heavy atom. The highest BCUT2D eigenvalue weighted by Crippen LogP contribution is 2.29. The van der Waals surface area contributed by atoms with Crippen LogP contribution in [-0.2, 0) is 0 Å². The predicted molar refractivity (Wildman–Crippen MR) is 70.5 cm³/mol. The molecule has 0 saturated heterocycles. The van der Waals surface area contributed by atoms with Crippen LogP contribution in [0.2, 0.25) is 5.02 Å². The summed E-state index contributed by atoms with van der Waals surface area (Å²) in [6.45, 7) is 1.78. The Morgan fingerprint density at radius 1 is 1.17 bits per heavy atom. The summed E-state index contributed by atoms with van der Waals surface area (Å²) in [6.07, 6.45) is 0. The molecule has 0 aliphatic heterocycles. The molecule has 0 saturated carbocycles. The Morgan fingerprint density at radius 3 is 2.44 bits per heavy atom. The first kappa shape index (κ1) is 12.9. The summed E-state index contributed by atoms with van der Waals surface area (Å²) < 4.78 is 18.8. The zero-order chi connectivity index (χ0) is 13.1. The fraction of sp³-hybridized carbons (Fsp3) is 0.143. The fourth-order valence-corrected chi connectivity index (χ4v) is 1.72. The Hall–Kier alpha value is -1.58.